The first-order chi connectivity index (χ1) is 18.0. The standard InChI is InChI=1S/C28H26ClN3O4S/c1-34-25-16-20-22(17-26(25)35-2)30-14-13-23(20)36-24-12-11-19(15-21(24)29)31-28(37)32-27(33)10-6-9-18-7-4-3-5-8-18/h3-5,7-8,11-17H,6,9-10H2,1-2H3,(H2,31,32,33,37). The summed E-state index contributed by atoms with van der Waals surface area (Å²) >= 11 is 11.8. The van der Waals surface area contributed by atoms with Gasteiger partial charge in [0, 0.05) is 29.8 Å². The average Bonchev–Trinajstić information content (AvgIpc) is 2.90. The molecule has 1 aromatic heterocycles. The van der Waals surface area contributed by atoms with Crippen LogP contribution in [0.25, 0.3) is 10.9 Å². The molecule has 0 aliphatic heterocycles. The molecular formula is C28H26ClN3O4S. The van der Waals surface area contributed by atoms with E-state index < -0.39 is 0 Å². The van der Waals surface area contributed by atoms with E-state index in [0.717, 1.165) is 18.2 Å². The number of carbonyl (C=O) groups is 1. The van der Waals surface area contributed by atoms with Crippen molar-refractivity contribution in [3.05, 3.63) is 83.5 Å². The largest absolute Gasteiger partial charge is 0.493 e. The lowest BCUT2D eigenvalue weighted by atomic mass is 10.1. The number of hydrogen-bond acceptors (Lipinski definition) is 6. The number of aryl methyl sites for hydroxylation is 1. The summed E-state index contributed by atoms with van der Waals surface area (Å²) in [5.74, 6) is 2.01. The minimum Gasteiger partial charge on any atom is -0.493 e. The van der Waals surface area contributed by atoms with Gasteiger partial charge in [0.05, 0.1) is 24.8 Å². The summed E-state index contributed by atoms with van der Waals surface area (Å²) in [6, 6.07) is 20.6. The molecular weight excluding hydrogens is 510 g/mol. The number of carbonyl (C=O) groups excluding carboxylic acids is 1. The summed E-state index contributed by atoms with van der Waals surface area (Å²) in [6.07, 6.45) is 3.59. The lowest BCUT2D eigenvalue weighted by Gasteiger charge is -2.14. The van der Waals surface area contributed by atoms with Gasteiger partial charge in [-0.1, -0.05) is 41.9 Å². The zero-order chi connectivity index (χ0) is 26.2. The second kappa shape index (κ2) is 12.4. The molecule has 2 N–H and O–H groups in total. The van der Waals surface area contributed by atoms with Gasteiger partial charge >= 0.3 is 0 Å². The summed E-state index contributed by atoms with van der Waals surface area (Å²) in [7, 11) is 3.14. The van der Waals surface area contributed by atoms with Crippen molar-refractivity contribution < 1.29 is 19.0 Å². The molecule has 0 atom stereocenters. The van der Waals surface area contributed by atoms with Gasteiger partial charge in [-0.05, 0) is 61.0 Å². The third kappa shape index (κ3) is 6.87. The number of nitrogens with zero attached hydrogens (tertiary/aromatic N) is 1. The predicted molar refractivity (Wildman–Crippen MR) is 150 cm³/mol. The lowest BCUT2D eigenvalue weighted by molar-refractivity contribution is -0.119. The van der Waals surface area contributed by atoms with Crippen LogP contribution in [0.3, 0.4) is 0 Å². The summed E-state index contributed by atoms with van der Waals surface area (Å²) < 4.78 is 16.9. The molecule has 0 aliphatic rings. The Labute approximate surface area is 225 Å². The van der Waals surface area contributed by atoms with E-state index in [0.29, 0.717) is 45.6 Å². The molecule has 1 amide bonds. The Hall–Kier alpha value is -3.88. The summed E-state index contributed by atoms with van der Waals surface area (Å²) in [5.41, 5.74) is 2.51. The Bertz CT molecular complexity index is 1420. The third-order valence-corrected chi connectivity index (χ3v) is 6.08. The van der Waals surface area contributed by atoms with Crippen molar-refractivity contribution in [2.24, 2.45) is 0 Å². The zero-order valence-corrected chi connectivity index (χ0v) is 22.0. The fourth-order valence-corrected chi connectivity index (χ4v) is 4.22. The molecule has 9 heteroatoms. The third-order valence-electron chi connectivity index (χ3n) is 5.58. The van der Waals surface area contributed by atoms with Crippen LogP contribution < -0.4 is 24.8 Å². The Morgan fingerprint density at radius 1 is 0.946 bits per heavy atom. The van der Waals surface area contributed by atoms with Crippen molar-refractivity contribution in [2.75, 3.05) is 19.5 Å². The molecule has 0 unspecified atom stereocenters. The molecule has 4 aromatic rings. The SMILES string of the molecule is COc1cc2nccc(Oc3ccc(NC(=S)NC(=O)CCCc4ccccc4)cc3Cl)c2cc1OC. The number of fused-ring (bicyclic) bond motifs is 1. The first-order valence-corrected chi connectivity index (χ1v) is 12.4. The molecule has 37 heavy (non-hydrogen) atoms. The van der Waals surface area contributed by atoms with Crippen molar-refractivity contribution in [1.29, 1.82) is 0 Å². The lowest BCUT2D eigenvalue weighted by Crippen LogP contribution is -2.33. The molecule has 0 saturated carbocycles. The predicted octanol–water partition coefficient (Wildman–Crippen LogP) is 6.53. The van der Waals surface area contributed by atoms with Gasteiger partial charge in [0.15, 0.2) is 16.6 Å². The van der Waals surface area contributed by atoms with Crippen molar-refractivity contribution in [3.8, 4) is 23.0 Å². The minimum absolute atomic E-state index is 0.142. The highest BCUT2D eigenvalue weighted by atomic mass is 35.5. The van der Waals surface area contributed by atoms with Gasteiger partial charge < -0.3 is 24.8 Å². The Morgan fingerprint density at radius 2 is 1.70 bits per heavy atom. The smallest absolute Gasteiger partial charge is 0.226 e. The number of ether oxygens (including phenoxy) is 3. The number of rotatable bonds is 9. The highest BCUT2D eigenvalue weighted by molar-refractivity contribution is 7.80. The molecule has 0 radical (unpaired) electrons. The summed E-state index contributed by atoms with van der Waals surface area (Å²) in [4.78, 5) is 16.6. The van der Waals surface area contributed by atoms with Crippen LogP contribution in [0.1, 0.15) is 18.4 Å². The van der Waals surface area contributed by atoms with Crippen molar-refractivity contribution in [1.82, 2.24) is 10.3 Å². The molecule has 4 rings (SSSR count). The van der Waals surface area contributed by atoms with Gasteiger partial charge in [0.1, 0.15) is 11.5 Å². The van der Waals surface area contributed by atoms with Crippen LogP contribution in [-0.2, 0) is 11.2 Å². The maximum atomic E-state index is 12.2. The average molecular weight is 536 g/mol. The van der Waals surface area contributed by atoms with E-state index in [4.69, 9.17) is 38.0 Å². The van der Waals surface area contributed by atoms with Crippen LogP contribution in [0.5, 0.6) is 23.0 Å². The van der Waals surface area contributed by atoms with E-state index in [1.54, 1.807) is 56.8 Å². The number of methoxy groups -OCH3 is 2. The van der Waals surface area contributed by atoms with Gasteiger partial charge in [-0.25, -0.2) is 0 Å². The first kappa shape index (κ1) is 26.2. The minimum atomic E-state index is -0.142. The number of anilines is 1. The highest BCUT2D eigenvalue weighted by Gasteiger charge is 2.13. The molecule has 0 saturated heterocycles. The van der Waals surface area contributed by atoms with Crippen LogP contribution in [0, 0.1) is 0 Å². The van der Waals surface area contributed by atoms with Crippen molar-refractivity contribution >= 4 is 51.4 Å². The van der Waals surface area contributed by atoms with Gasteiger partial charge in [-0.15, -0.1) is 0 Å². The maximum absolute atomic E-state index is 12.2. The molecule has 3 aromatic carbocycles. The van der Waals surface area contributed by atoms with E-state index in [1.807, 2.05) is 30.3 Å². The molecule has 0 aliphatic carbocycles. The van der Waals surface area contributed by atoms with Crippen LogP contribution in [-0.4, -0.2) is 30.2 Å². The number of nitrogens with one attached hydrogen (secondary N) is 2. The summed E-state index contributed by atoms with van der Waals surface area (Å²) in [5, 5.41) is 7.01. The van der Waals surface area contributed by atoms with Crippen LogP contribution in [0.15, 0.2) is 72.9 Å². The van der Waals surface area contributed by atoms with Crippen LogP contribution in [0.4, 0.5) is 5.69 Å². The second-order valence-corrected chi connectivity index (χ2v) is 8.94. The number of benzene rings is 3. The Kier molecular flexibility index (Phi) is 8.77. The fraction of sp³-hybridized carbons (Fsp3) is 0.179. The highest BCUT2D eigenvalue weighted by Crippen LogP contribution is 2.38. The second-order valence-electron chi connectivity index (χ2n) is 8.12. The molecule has 7 nitrogen and oxygen atoms in total. The molecule has 0 bridgehead atoms. The number of aromatic nitrogens is 1. The van der Waals surface area contributed by atoms with Gasteiger partial charge in [-0.2, -0.15) is 0 Å². The maximum Gasteiger partial charge on any atom is 0.226 e. The monoisotopic (exact) mass is 535 g/mol. The van der Waals surface area contributed by atoms with E-state index in [-0.39, 0.29) is 11.0 Å². The zero-order valence-electron chi connectivity index (χ0n) is 20.4. The topological polar surface area (TPSA) is 81.7 Å². The van der Waals surface area contributed by atoms with Crippen LogP contribution >= 0.6 is 23.8 Å². The number of thiocarbonyl (C=S) groups is 1. The molecule has 190 valence electrons. The van der Waals surface area contributed by atoms with Crippen molar-refractivity contribution in [3.63, 3.8) is 0 Å². The Morgan fingerprint density at radius 3 is 2.43 bits per heavy atom. The number of hydrogen-bond donors (Lipinski definition) is 2. The Balaban J connectivity index is 1.37. The van der Waals surface area contributed by atoms with E-state index in [9.17, 15) is 4.79 Å². The number of pyridine rings is 1. The normalized spacial score (nSPS) is 10.6. The number of amides is 1. The van der Waals surface area contributed by atoms with Crippen LogP contribution in [0.2, 0.25) is 5.02 Å². The van der Waals surface area contributed by atoms with Gasteiger partial charge in [0.2, 0.25) is 5.91 Å². The molecule has 0 spiro atoms. The molecule has 1 heterocycles. The van der Waals surface area contributed by atoms with E-state index in [2.05, 4.69) is 15.6 Å². The van der Waals surface area contributed by atoms with E-state index in [1.165, 1.54) is 5.56 Å². The fourth-order valence-electron chi connectivity index (χ4n) is 3.77. The summed E-state index contributed by atoms with van der Waals surface area (Å²) in [6.45, 7) is 0. The first-order valence-electron chi connectivity index (χ1n) is 11.6. The van der Waals surface area contributed by atoms with Crippen molar-refractivity contribution in [2.45, 2.75) is 19.3 Å². The van der Waals surface area contributed by atoms with Gasteiger partial charge in [-0.3, -0.25) is 9.78 Å². The number of halogens is 1. The van der Waals surface area contributed by atoms with E-state index >= 15 is 0 Å². The molecule has 0 fully saturated rings. The van der Waals surface area contributed by atoms with Gasteiger partial charge in [0.25, 0.3) is 0 Å². The quantitative estimate of drug-likeness (QED) is 0.236.